The Hall–Kier alpha value is -0.900. The zero-order valence-electron chi connectivity index (χ0n) is 5.65. The van der Waals surface area contributed by atoms with Crippen LogP contribution in [0.5, 0.6) is 0 Å². The molecule has 0 N–H and O–H groups in total. The topological polar surface area (TPSA) is 34.0 Å². The van der Waals surface area contributed by atoms with Crippen molar-refractivity contribution in [1.82, 2.24) is 19.9 Å². The lowest BCUT2D eigenvalue weighted by Crippen LogP contribution is -2.18. The van der Waals surface area contributed by atoms with Crippen molar-refractivity contribution in [3.8, 4) is 0 Å². The molecule has 0 aliphatic heterocycles. The molecule has 4 nitrogen and oxygen atoms in total. The number of rotatable bonds is 2. The number of hydrogen-bond donors (Lipinski definition) is 0. The summed E-state index contributed by atoms with van der Waals surface area (Å²) in [6.07, 6.45) is 3.34. The molecule has 0 unspecified atom stereocenters. The van der Waals surface area contributed by atoms with E-state index in [1.807, 2.05) is 19.0 Å². The molecule has 1 rings (SSSR count). The highest BCUT2D eigenvalue weighted by molar-refractivity contribution is 4.59. The zero-order valence-corrected chi connectivity index (χ0v) is 5.65. The Balaban J connectivity index is 2.48. The van der Waals surface area contributed by atoms with Crippen molar-refractivity contribution in [3.63, 3.8) is 0 Å². The summed E-state index contributed by atoms with van der Waals surface area (Å²) >= 11 is 0. The average molecular weight is 126 g/mol. The van der Waals surface area contributed by atoms with E-state index in [9.17, 15) is 0 Å². The number of nitrogens with zero attached hydrogens (tertiary/aromatic N) is 4. The van der Waals surface area contributed by atoms with Gasteiger partial charge in [0.25, 0.3) is 0 Å². The van der Waals surface area contributed by atoms with Crippen molar-refractivity contribution in [3.05, 3.63) is 12.4 Å². The van der Waals surface area contributed by atoms with Crippen LogP contribution in [0.1, 0.15) is 0 Å². The minimum atomic E-state index is 0.743. The van der Waals surface area contributed by atoms with Gasteiger partial charge in [-0.3, -0.25) is 4.90 Å². The molecule has 0 saturated heterocycles. The molecular weight excluding hydrogens is 116 g/mol. The molecule has 50 valence electrons. The summed E-state index contributed by atoms with van der Waals surface area (Å²) in [6, 6.07) is 0. The molecule has 0 amide bonds. The molecule has 0 aromatic carbocycles. The van der Waals surface area contributed by atoms with Crippen LogP contribution in [0.15, 0.2) is 12.4 Å². The first-order chi connectivity index (χ1) is 4.29. The lowest BCUT2D eigenvalue weighted by molar-refractivity contribution is 0.284. The third-order valence-corrected chi connectivity index (χ3v) is 0.876. The van der Waals surface area contributed by atoms with Crippen LogP contribution >= 0.6 is 0 Å². The number of aromatic nitrogens is 3. The fraction of sp³-hybridized carbons (Fsp3) is 0.600. The first kappa shape index (κ1) is 6.22. The second-order valence-corrected chi connectivity index (χ2v) is 2.12. The van der Waals surface area contributed by atoms with Crippen molar-refractivity contribution < 1.29 is 0 Å². The highest BCUT2D eigenvalue weighted by Crippen LogP contribution is 1.79. The zero-order chi connectivity index (χ0) is 6.69. The summed E-state index contributed by atoms with van der Waals surface area (Å²) in [4.78, 5) is 3.62. The molecule has 0 aliphatic rings. The van der Waals surface area contributed by atoms with Crippen LogP contribution in [-0.4, -0.2) is 34.0 Å². The van der Waals surface area contributed by atoms with E-state index in [1.165, 1.54) is 0 Å². The van der Waals surface area contributed by atoms with Crippen molar-refractivity contribution in [2.75, 3.05) is 14.1 Å². The average Bonchev–Trinajstić information content (AvgIpc) is 2.15. The maximum atomic E-state index is 3.92. The van der Waals surface area contributed by atoms with Gasteiger partial charge in [0.1, 0.15) is 6.67 Å². The number of hydrogen-bond acceptors (Lipinski definition) is 3. The summed E-state index contributed by atoms with van der Waals surface area (Å²) in [6.45, 7) is 0.743. The van der Waals surface area contributed by atoms with Gasteiger partial charge in [-0.1, -0.05) is 0 Å². The SMILES string of the molecule is CN(C)Cn1nccn1. The lowest BCUT2D eigenvalue weighted by Gasteiger charge is -2.06. The van der Waals surface area contributed by atoms with Crippen LogP contribution in [0.25, 0.3) is 0 Å². The summed E-state index contributed by atoms with van der Waals surface area (Å²) in [5, 5.41) is 7.84. The Morgan fingerprint density at radius 1 is 1.33 bits per heavy atom. The van der Waals surface area contributed by atoms with Crippen molar-refractivity contribution >= 4 is 0 Å². The highest BCUT2D eigenvalue weighted by atomic mass is 15.5. The van der Waals surface area contributed by atoms with E-state index >= 15 is 0 Å². The van der Waals surface area contributed by atoms with Gasteiger partial charge in [0, 0.05) is 0 Å². The van der Waals surface area contributed by atoms with E-state index in [0.717, 1.165) is 6.67 Å². The lowest BCUT2D eigenvalue weighted by atomic mass is 10.9. The monoisotopic (exact) mass is 126 g/mol. The second-order valence-electron chi connectivity index (χ2n) is 2.12. The predicted molar refractivity (Wildman–Crippen MR) is 33.7 cm³/mol. The third-order valence-electron chi connectivity index (χ3n) is 0.876. The minimum Gasteiger partial charge on any atom is -0.289 e. The van der Waals surface area contributed by atoms with E-state index in [-0.39, 0.29) is 0 Å². The molecule has 0 atom stereocenters. The summed E-state index contributed by atoms with van der Waals surface area (Å²) in [5.41, 5.74) is 0. The van der Waals surface area contributed by atoms with Gasteiger partial charge in [0.2, 0.25) is 0 Å². The van der Waals surface area contributed by atoms with Gasteiger partial charge in [-0.25, -0.2) is 0 Å². The van der Waals surface area contributed by atoms with Crippen LogP contribution in [0.4, 0.5) is 0 Å². The van der Waals surface area contributed by atoms with Crippen LogP contribution in [0.3, 0.4) is 0 Å². The summed E-state index contributed by atoms with van der Waals surface area (Å²) in [7, 11) is 3.95. The molecular formula is C5H10N4. The fourth-order valence-electron chi connectivity index (χ4n) is 0.569. The largest absolute Gasteiger partial charge is 0.289 e. The molecule has 1 aromatic rings. The van der Waals surface area contributed by atoms with Gasteiger partial charge >= 0.3 is 0 Å². The smallest absolute Gasteiger partial charge is 0.112 e. The van der Waals surface area contributed by atoms with Crippen LogP contribution in [-0.2, 0) is 6.67 Å². The minimum absolute atomic E-state index is 0.743. The predicted octanol–water partition coefficient (Wildman–Crippen LogP) is -0.203. The maximum absolute atomic E-state index is 3.92. The molecule has 0 saturated carbocycles. The van der Waals surface area contributed by atoms with Crippen LogP contribution in [0, 0.1) is 0 Å². The normalized spacial score (nSPS) is 10.6. The van der Waals surface area contributed by atoms with Gasteiger partial charge in [0.15, 0.2) is 0 Å². The molecule has 0 bridgehead atoms. The fourth-order valence-corrected chi connectivity index (χ4v) is 0.569. The molecule has 4 heteroatoms. The van der Waals surface area contributed by atoms with Crippen LogP contribution < -0.4 is 0 Å². The van der Waals surface area contributed by atoms with E-state index in [4.69, 9.17) is 0 Å². The van der Waals surface area contributed by atoms with Gasteiger partial charge < -0.3 is 0 Å². The van der Waals surface area contributed by atoms with Crippen molar-refractivity contribution in [2.45, 2.75) is 6.67 Å². The van der Waals surface area contributed by atoms with Gasteiger partial charge in [-0.05, 0) is 14.1 Å². The Kier molecular flexibility index (Phi) is 1.79. The second kappa shape index (κ2) is 2.59. The summed E-state index contributed by atoms with van der Waals surface area (Å²) in [5.74, 6) is 0. The van der Waals surface area contributed by atoms with Gasteiger partial charge in [-0.2, -0.15) is 15.0 Å². The molecule has 9 heavy (non-hydrogen) atoms. The van der Waals surface area contributed by atoms with Gasteiger partial charge in [0.05, 0.1) is 12.4 Å². The van der Waals surface area contributed by atoms with Crippen molar-refractivity contribution in [2.24, 2.45) is 0 Å². The van der Waals surface area contributed by atoms with Crippen molar-refractivity contribution in [1.29, 1.82) is 0 Å². The Labute approximate surface area is 54.1 Å². The Morgan fingerprint density at radius 3 is 2.33 bits per heavy atom. The molecule has 0 fully saturated rings. The quantitative estimate of drug-likeness (QED) is 0.550. The first-order valence-electron chi connectivity index (χ1n) is 2.78. The van der Waals surface area contributed by atoms with E-state index in [1.54, 1.807) is 17.2 Å². The standard InChI is InChI=1S/C5H10N4/c1-8(2)5-9-6-3-4-7-9/h3-4H,5H2,1-2H3. The van der Waals surface area contributed by atoms with E-state index in [2.05, 4.69) is 10.2 Å². The molecule has 1 heterocycles. The van der Waals surface area contributed by atoms with E-state index < -0.39 is 0 Å². The molecule has 0 spiro atoms. The third kappa shape index (κ3) is 1.81. The molecule has 0 aliphatic carbocycles. The Bertz CT molecular complexity index is 155. The maximum Gasteiger partial charge on any atom is 0.112 e. The van der Waals surface area contributed by atoms with Crippen LogP contribution in [0.2, 0.25) is 0 Å². The van der Waals surface area contributed by atoms with Gasteiger partial charge in [-0.15, -0.1) is 0 Å². The van der Waals surface area contributed by atoms with E-state index in [0.29, 0.717) is 0 Å². The first-order valence-corrected chi connectivity index (χ1v) is 2.78. The molecule has 1 aromatic heterocycles. The Morgan fingerprint density at radius 2 is 1.89 bits per heavy atom. The highest BCUT2D eigenvalue weighted by Gasteiger charge is 1.90. The summed E-state index contributed by atoms with van der Waals surface area (Å²) < 4.78 is 0. The molecule has 0 radical (unpaired) electrons.